The lowest BCUT2D eigenvalue weighted by Gasteiger charge is -2.20. The van der Waals surface area contributed by atoms with Gasteiger partial charge >= 0.3 is 0 Å². The third kappa shape index (κ3) is 2.73. The average molecular weight is 172 g/mol. The van der Waals surface area contributed by atoms with Gasteiger partial charge in [0.2, 0.25) is 0 Å². The van der Waals surface area contributed by atoms with E-state index in [4.69, 9.17) is 4.74 Å². The zero-order chi connectivity index (χ0) is 8.97. The van der Waals surface area contributed by atoms with Crippen LogP contribution in [-0.2, 0) is 4.74 Å². The van der Waals surface area contributed by atoms with Crippen molar-refractivity contribution in [2.24, 2.45) is 0 Å². The van der Waals surface area contributed by atoms with Gasteiger partial charge in [-0.25, -0.2) is 0 Å². The summed E-state index contributed by atoms with van der Waals surface area (Å²) in [6.07, 6.45) is 0.387. The van der Waals surface area contributed by atoms with Gasteiger partial charge in [0, 0.05) is 33.3 Å². The molecule has 1 atom stereocenters. The largest absolute Gasteiger partial charge is 0.379 e. The molecule has 1 heterocycles. The fourth-order valence-corrected chi connectivity index (χ4v) is 1.62. The van der Waals surface area contributed by atoms with Crippen LogP contribution in [0, 0.1) is 0 Å². The zero-order valence-corrected chi connectivity index (χ0v) is 8.42. The van der Waals surface area contributed by atoms with Crippen LogP contribution in [0.15, 0.2) is 0 Å². The molecule has 0 aromatic carbocycles. The number of hydrogen-bond acceptors (Lipinski definition) is 3. The first-order valence-corrected chi connectivity index (χ1v) is 4.70. The maximum atomic E-state index is 5.39. The fourth-order valence-electron chi connectivity index (χ4n) is 1.62. The van der Waals surface area contributed by atoms with Crippen LogP contribution < -0.4 is 0 Å². The Morgan fingerprint density at radius 2 is 2.08 bits per heavy atom. The monoisotopic (exact) mass is 172 g/mol. The minimum atomic E-state index is 0.387. The highest BCUT2D eigenvalue weighted by molar-refractivity contribution is 4.73. The lowest BCUT2D eigenvalue weighted by atomic mass is 10.3. The minimum absolute atomic E-state index is 0.387. The Kier molecular flexibility index (Phi) is 3.98. The lowest BCUT2D eigenvalue weighted by Crippen LogP contribution is -2.34. The molecule has 0 N–H and O–H groups in total. The van der Waals surface area contributed by atoms with Crippen LogP contribution in [0.4, 0.5) is 0 Å². The smallest absolute Gasteiger partial charge is 0.0824 e. The zero-order valence-electron chi connectivity index (χ0n) is 8.42. The summed E-state index contributed by atoms with van der Waals surface area (Å²) >= 11 is 0. The van der Waals surface area contributed by atoms with E-state index in [1.54, 1.807) is 7.11 Å². The van der Waals surface area contributed by atoms with Gasteiger partial charge in [-0.05, 0) is 13.6 Å². The van der Waals surface area contributed by atoms with Gasteiger partial charge < -0.3 is 9.64 Å². The van der Waals surface area contributed by atoms with Crippen molar-refractivity contribution in [1.82, 2.24) is 9.80 Å². The van der Waals surface area contributed by atoms with Crippen molar-refractivity contribution in [3.63, 3.8) is 0 Å². The molecule has 0 bridgehead atoms. The molecule has 1 fully saturated rings. The SMILES string of the molecule is CCN1CCN(C)CC(OC)C1. The Morgan fingerprint density at radius 1 is 1.33 bits per heavy atom. The van der Waals surface area contributed by atoms with E-state index in [2.05, 4.69) is 23.8 Å². The second-order valence-electron chi connectivity index (χ2n) is 3.51. The lowest BCUT2D eigenvalue weighted by molar-refractivity contribution is 0.0650. The standard InChI is InChI=1S/C9H20N2O/c1-4-11-6-5-10(2)7-9(8-11)12-3/h9H,4-8H2,1-3H3. The molecule has 0 saturated carbocycles. The molecule has 0 amide bonds. The molecule has 3 nitrogen and oxygen atoms in total. The van der Waals surface area contributed by atoms with Crippen LogP contribution in [-0.4, -0.2) is 62.8 Å². The van der Waals surface area contributed by atoms with Crippen molar-refractivity contribution in [3.8, 4) is 0 Å². The predicted octanol–water partition coefficient (Wildman–Crippen LogP) is 0.269. The summed E-state index contributed by atoms with van der Waals surface area (Å²) in [6.45, 7) is 7.82. The molecule has 72 valence electrons. The molecule has 0 aromatic rings. The van der Waals surface area contributed by atoms with Crippen LogP contribution in [0.2, 0.25) is 0 Å². The van der Waals surface area contributed by atoms with E-state index in [1.807, 2.05) is 0 Å². The highest BCUT2D eigenvalue weighted by atomic mass is 16.5. The molecule has 0 radical (unpaired) electrons. The van der Waals surface area contributed by atoms with E-state index >= 15 is 0 Å². The van der Waals surface area contributed by atoms with Crippen LogP contribution in [0.1, 0.15) is 6.92 Å². The first-order chi connectivity index (χ1) is 5.76. The molecule has 1 aliphatic rings. The molecule has 0 spiro atoms. The molecule has 0 aliphatic carbocycles. The predicted molar refractivity (Wildman–Crippen MR) is 50.4 cm³/mol. The fraction of sp³-hybridized carbons (Fsp3) is 1.00. The van der Waals surface area contributed by atoms with Crippen molar-refractivity contribution < 1.29 is 4.74 Å². The van der Waals surface area contributed by atoms with E-state index < -0.39 is 0 Å². The molecule has 0 aromatic heterocycles. The molecule has 1 unspecified atom stereocenters. The van der Waals surface area contributed by atoms with Crippen molar-refractivity contribution in [3.05, 3.63) is 0 Å². The second-order valence-corrected chi connectivity index (χ2v) is 3.51. The molecular formula is C9H20N2O. The summed E-state index contributed by atoms with van der Waals surface area (Å²) < 4.78 is 5.39. The van der Waals surface area contributed by atoms with Gasteiger partial charge in [0.05, 0.1) is 6.10 Å². The summed E-state index contributed by atoms with van der Waals surface area (Å²) in [5, 5.41) is 0. The van der Waals surface area contributed by atoms with Crippen molar-refractivity contribution in [2.45, 2.75) is 13.0 Å². The van der Waals surface area contributed by atoms with Crippen LogP contribution in [0.25, 0.3) is 0 Å². The maximum absolute atomic E-state index is 5.39. The molecule has 3 heteroatoms. The summed E-state index contributed by atoms with van der Waals surface area (Å²) in [6, 6.07) is 0. The summed E-state index contributed by atoms with van der Waals surface area (Å²) in [4.78, 5) is 4.78. The van der Waals surface area contributed by atoms with Gasteiger partial charge in [-0.2, -0.15) is 0 Å². The molecule has 1 saturated heterocycles. The normalized spacial score (nSPS) is 28.8. The quantitative estimate of drug-likeness (QED) is 0.594. The highest BCUT2D eigenvalue weighted by Gasteiger charge is 2.18. The topological polar surface area (TPSA) is 15.7 Å². The van der Waals surface area contributed by atoms with Gasteiger partial charge in [-0.1, -0.05) is 6.92 Å². The molecule has 1 aliphatic heterocycles. The van der Waals surface area contributed by atoms with Crippen molar-refractivity contribution in [1.29, 1.82) is 0 Å². The number of likely N-dealkylation sites (N-methyl/N-ethyl adjacent to an activating group) is 2. The Morgan fingerprint density at radius 3 is 2.67 bits per heavy atom. The van der Waals surface area contributed by atoms with Crippen LogP contribution >= 0.6 is 0 Å². The summed E-state index contributed by atoms with van der Waals surface area (Å²) in [7, 11) is 3.96. The van der Waals surface area contributed by atoms with Crippen molar-refractivity contribution in [2.75, 3.05) is 46.9 Å². The summed E-state index contributed by atoms with van der Waals surface area (Å²) in [5.41, 5.74) is 0. The Hall–Kier alpha value is -0.120. The molecular weight excluding hydrogens is 152 g/mol. The first-order valence-electron chi connectivity index (χ1n) is 4.70. The number of rotatable bonds is 2. The second kappa shape index (κ2) is 4.80. The summed E-state index contributed by atoms with van der Waals surface area (Å²) in [5.74, 6) is 0. The third-order valence-electron chi connectivity index (χ3n) is 2.56. The third-order valence-corrected chi connectivity index (χ3v) is 2.56. The number of methoxy groups -OCH3 is 1. The van der Waals surface area contributed by atoms with Gasteiger partial charge in [0.1, 0.15) is 0 Å². The number of ether oxygens (including phenoxy) is 1. The van der Waals surface area contributed by atoms with Gasteiger partial charge in [0.25, 0.3) is 0 Å². The van der Waals surface area contributed by atoms with Crippen LogP contribution in [0.3, 0.4) is 0 Å². The van der Waals surface area contributed by atoms with E-state index in [1.165, 1.54) is 6.54 Å². The van der Waals surface area contributed by atoms with Crippen molar-refractivity contribution >= 4 is 0 Å². The van der Waals surface area contributed by atoms with Gasteiger partial charge in [-0.3, -0.25) is 4.90 Å². The molecule has 1 rings (SSSR count). The number of nitrogens with zero attached hydrogens (tertiary/aromatic N) is 2. The number of hydrogen-bond donors (Lipinski definition) is 0. The van der Waals surface area contributed by atoms with E-state index in [0.717, 1.165) is 26.2 Å². The Labute approximate surface area is 75.3 Å². The average Bonchev–Trinajstić information content (AvgIpc) is 2.26. The molecule has 12 heavy (non-hydrogen) atoms. The van der Waals surface area contributed by atoms with Gasteiger partial charge in [0.15, 0.2) is 0 Å². The van der Waals surface area contributed by atoms with Gasteiger partial charge in [-0.15, -0.1) is 0 Å². The van der Waals surface area contributed by atoms with E-state index in [9.17, 15) is 0 Å². The maximum Gasteiger partial charge on any atom is 0.0824 e. The highest BCUT2D eigenvalue weighted by Crippen LogP contribution is 2.03. The Bertz CT molecular complexity index is 130. The Balaban J connectivity index is 2.43. The first kappa shape index (κ1) is 9.96. The minimum Gasteiger partial charge on any atom is -0.379 e. The van der Waals surface area contributed by atoms with E-state index in [-0.39, 0.29) is 0 Å². The van der Waals surface area contributed by atoms with E-state index in [0.29, 0.717) is 6.10 Å². The van der Waals surface area contributed by atoms with Crippen LogP contribution in [0.5, 0.6) is 0 Å².